The first kappa shape index (κ1) is 18.0. The number of rotatable bonds is 6. The van der Waals surface area contributed by atoms with E-state index in [-0.39, 0.29) is 5.91 Å². The number of hydrogen-bond donors (Lipinski definition) is 1. The number of nitrogens with one attached hydrogen (secondary N) is 1. The normalized spacial score (nSPS) is 10.8. The van der Waals surface area contributed by atoms with Crippen molar-refractivity contribution in [1.82, 2.24) is 4.98 Å². The Balaban J connectivity index is 1.46. The summed E-state index contributed by atoms with van der Waals surface area (Å²) in [6.07, 6.45) is 0.980. The zero-order chi connectivity index (χ0) is 17.8. The molecule has 0 bridgehead atoms. The highest BCUT2D eigenvalue weighted by Gasteiger charge is 2.08. The molecule has 130 valence electrons. The molecule has 2 aromatic carbocycles. The standard InChI is InChI=1S/C18H16Cl2N2O2S/c1-11-9-13(5-6-14(11)20)24-8-2-3-17(23)22-18-21-15-7-4-12(19)10-16(15)25-18/h4-7,9-10H,2-3,8H2,1H3,(H,21,22,23). The molecule has 0 aliphatic heterocycles. The number of aryl methyl sites for hydroxylation is 1. The number of amides is 1. The first-order valence-corrected chi connectivity index (χ1v) is 9.33. The Kier molecular flexibility index (Phi) is 5.78. The van der Waals surface area contributed by atoms with Crippen LogP contribution < -0.4 is 10.1 Å². The fraction of sp³-hybridized carbons (Fsp3) is 0.222. The van der Waals surface area contributed by atoms with E-state index in [1.54, 1.807) is 12.1 Å². The van der Waals surface area contributed by atoms with Gasteiger partial charge in [0.1, 0.15) is 5.75 Å². The third-order valence-corrected chi connectivity index (χ3v) is 5.14. The Morgan fingerprint density at radius 3 is 2.88 bits per heavy atom. The summed E-state index contributed by atoms with van der Waals surface area (Å²) in [6, 6.07) is 11.0. The second-order valence-electron chi connectivity index (χ2n) is 5.54. The van der Waals surface area contributed by atoms with Gasteiger partial charge in [0, 0.05) is 16.5 Å². The maximum atomic E-state index is 12.0. The van der Waals surface area contributed by atoms with Crippen molar-refractivity contribution >= 4 is 55.8 Å². The lowest BCUT2D eigenvalue weighted by Crippen LogP contribution is -2.12. The molecule has 0 radical (unpaired) electrons. The molecule has 0 atom stereocenters. The quantitative estimate of drug-likeness (QED) is 0.544. The summed E-state index contributed by atoms with van der Waals surface area (Å²) < 4.78 is 6.59. The lowest BCUT2D eigenvalue weighted by atomic mass is 10.2. The molecule has 0 fully saturated rings. The highest BCUT2D eigenvalue weighted by atomic mass is 35.5. The van der Waals surface area contributed by atoms with Gasteiger partial charge in [-0.1, -0.05) is 34.5 Å². The van der Waals surface area contributed by atoms with E-state index in [0.717, 1.165) is 21.5 Å². The molecule has 1 heterocycles. The molecule has 0 aliphatic carbocycles. The van der Waals surface area contributed by atoms with Crippen LogP contribution in [0.4, 0.5) is 5.13 Å². The van der Waals surface area contributed by atoms with Crippen molar-refractivity contribution in [2.75, 3.05) is 11.9 Å². The van der Waals surface area contributed by atoms with Gasteiger partial charge in [0.15, 0.2) is 5.13 Å². The summed E-state index contributed by atoms with van der Waals surface area (Å²) >= 11 is 13.3. The summed E-state index contributed by atoms with van der Waals surface area (Å²) in [5.74, 6) is 0.673. The first-order chi connectivity index (χ1) is 12.0. The number of benzene rings is 2. The van der Waals surface area contributed by atoms with Crippen molar-refractivity contribution in [1.29, 1.82) is 0 Å². The molecule has 0 spiro atoms. The van der Waals surface area contributed by atoms with E-state index in [9.17, 15) is 4.79 Å². The molecule has 7 heteroatoms. The summed E-state index contributed by atoms with van der Waals surface area (Å²) in [5, 5.41) is 4.77. The smallest absolute Gasteiger partial charge is 0.226 e. The molecule has 0 unspecified atom stereocenters. The number of aromatic nitrogens is 1. The number of carbonyl (C=O) groups excluding carboxylic acids is 1. The van der Waals surface area contributed by atoms with Crippen molar-refractivity contribution in [3.05, 3.63) is 52.0 Å². The third-order valence-electron chi connectivity index (χ3n) is 3.54. The minimum absolute atomic E-state index is 0.0824. The largest absolute Gasteiger partial charge is 0.494 e. The van der Waals surface area contributed by atoms with E-state index >= 15 is 0 Å². The van der Waals surface area contributed by atoms with Crippen molar-refractivity contribution in [3.63, 3.8) is 0 Å². The van der Waals surface area contributed by atoms with Gasteiger partial charge in [-0.2, -0.15) is 0 Å². The van der Waals surface area contributed by atoms with Crippen LogP contribution in [0.5, 0.6) is 5.75 Å². The molecule has 4 nitrogen and oxygen atoms in total. The Labute approximate surface area is 159 Å². The van der Waals surface area contributed by atoms with Gasteiger partial charge in [0.05, 0.1) is 16.8 Å². The molecule has 1 amide bonds. The van der Waals surface area contributed by atoms with Crippen molar-refractivity contribution in [2.45, 2.75) is 19.8 Å². The van der Waals surface area contributed by atoms with Gasteiger partial charge >= 0.3 is 0 Å². The Morgan fingerprint density at radius 1 is 1.24 bits per heavy atom. The van der Waals surface area contributed by atoms with Crippen molar-refractivity contribution in [3.8, 4) is 5.75 Å². The van der Waals surface area contributed by atoms with Crippen LogP contribution in [-0.4, -0.2) is 17.5 Å². The monoisotopic (exact) mass is 394 g/mol. The Hall–Kier alpha value is -1.82. The number of carbonyl (C=O) groups is 1. The molecular weight excluding hydrogens is 379 g/mol. The predicted molar refractivity (Wildman–Crippen MR) is 104 cm³/mol. The Bertz CT molecular complexity index is 911. The number of hydrogen-bond acceptors (Lipinski definition) is 4. The number of anilines is 1. The van der Waals surface area contributed by atoms with Crippen LogP contribution in [0.2, 0.25) is 10.0 Å². The minimum atomic E-state index is -0.0824. The Morgan fingerprint density at radius 2 is 2.08 bits per heavy atom. The van der Waals surface area contributed by atoms with E-state index in [4.69, 9.17) is 27.9 Å². The van der Waals surface area contributed by atoms with Crippen LogP contribution in [0.3, 0.4) is 0 Å². The number of ether oxygens (including phenoxy) is 1. The van der Waals surface area contributed by atoms with Gasteiger partial charge in [-0.3, -0.25) is 4.79 Å². The molecule has 1 aromatic heterocycles. The van der Waals surface area contributed by atoms with E-state index < -0.39 is 0 Å². The number of nitrogens with zero attached hydrogens (tertiary/aromatic N) is 1. The highest BCUT2D eigenvalue weighted by molar-refractivity contribution is 7.22. The van der Waals surface area contributed by atoms with Gasteiger partial charge < -0.3 is 10.1 Å². The van der Waals surface area contributed by atoms with E-state index in [0.29, 0.717) is 34.6 Å². The zero-order valence-electron chi connectivity index (χ0n) is 13.5. The molecular formula is C18H16Cl2N2O2S. The van der Waals surface area contributed by atoms with Crippen LogP contribution in [0.15, 0.2) is 36.4 Å². The van der Waals surface area contributed by atoms with E-state index in [1.807, 2.05) is 31.2 Å². The average Bonchev–Trinajstić information content (AvgIpc) is 2.96. The lowest BCUT2D eigenvalue weighted by molar-refractivity contribution is -0.116. The van der Waals surface area contributed by atoms with E-state index in [1.165, 1.54) is 11.3 Å². The maximum absolute atomic E-state index is 12.0. The predicted octanol–water partition coefficient (Wildman–Crippen LogP) is 5.71. The van der Waals surface area contributed by atoms with Crippen molar-refractivity contribution < 1.29 is 9.53 Å². The zero-order valence-corrected chi connectivity index (χ0v) is 15.8. The SMILES string of the molecule is Cc1cc(OCCCC(=O)Nc2nc3ccc(Cl)cc3s2)ccc1Cl. The minimum Gasteiger partial charge on any atom is -0.494 e. The fourth-order valence-corrected chi connectivity index (χ4v) is 3.54. The topological polar surface area (TPSA) is 51.2 Å². The summed E-state index contributed by atoms with van der Waals surface area (Å²) in [7, 11) is 0. The second-order valence-corrected chi connectivity index (χ2v) is 7.42. The van der Waals surface area contributed by atoms with Crippen molar-refractivity contribution in [2.24, 2.45) is 0 Å². The molecule has 0 saturated carbocycles. The van der Waals surface area contributed by atoms with Gasteiger partial charge in [-0.15, -0.1) is 0 Å². The first-order valence-electron chi connectivity index (χ1n) is 7.76. The van der Waals surface area contributed by atoms with Gasteiger partial charge in [0.25, 0.3) is 0 Å². The highest BCUT2D eigenvalue weighted by Crippen LogP contribution is 2.28. The van der Waals surface area contributed by atoms with Gasteiger partial charge in [-0.25, -0.2) is 4.98 Å². The summed E-state index contributed by atoms with van der Waals surface area (Å²) in [6.45, 7) is 2.39. The molecule has 0 saturated heterocycles. The van der Waals surface area contributed by atoms with Crippen LogP contribution in [-0.2, 0) is 4.79 Å². The van der Waals surface area contributed by atoms with Crippen LogP contribution in [0, 0.1) is 6.92 Å². The molecule has 3 aromatic rings. The van der Waals surface area contributed by atoms with Crippen LogP contribution in [0.25, 0.3) is 10.2 Å². The van der Waals surface area contributed by atoms with Gasteiger partial charge in [0.2, 0.25) is 5.91 Å². The number of halogens is 2. The number of fused-ring (bicyclic) bond motifs is 1. The summed E-state index contributed by atoms with van der Waals surface area (Å²) in [5.41, 5.74) is 1.79. The van der Waals surface area contributed by atoms with Crippen LogP contribution >= 0.6 is 34.5 Å². The molecule has 25 heavy (non-hydrogen) atoms. The average molecular weight is 395 g/mol. The van der Waals surface area contributed by atoms with Crippen LogP contribution in [0.1, 0.15) is 18.4 Å². The number of thiazole rings is 1. The fourth-order valence-electron chi connectivity index (χ4n) is 2.26. The van der Waals surface area contributed by atoms with Gasteiger partial charge in [-0.05, 0) is 55.3 Å². The van der Waals surface area contributed by atoms with E-state index in [2.05, 4.69) is 10.3 Å². The lowest BCUT2D eigenvalue weighted by Gasteiger charge is -2.07. The summed E-state index contributed by atoms with van der Waals surface area (Å²) in [4.78, 5) is 16.4. The maximum Gasteiger partial charge on any atom is 0.226 e. The molecule has 0 aliphatic rings. The molecule has 3 rings (SSSR count). The third kappa shape index (κ3) is 4.84. The molecule has 1 N–H and O–H groups in total. The second kappa shape index (κ2) is 8.04.